The number of nitrogens with zero attached hydrogens (tertiary/aromatic N) is 3. The summed E-state index contributed by atoms with van der Waals surface area (Å²) in [5, 5.41) is 9.25. The Bertz CT molecular complexity index is 1280. The third kappa shape index (κ3) is 5.06. The van der Waals surface area contributed by atoms with Crippen LogP contribution in [-0.2, 0) is 16.6 Å². The van der Waals surface area contributed by atoms with Gasteiger partial charge in [-0.15, -0.1) is 0 Å². The number of sulfonamides is 1. The molecule has 3 aromatic carbocycles. The average molecular weight is 462 g/mol. The number of hydrogen-bond donors (Lipinski definition) is 0. The molecule has 1 heterocycles. The van der Waals surface area contributed by atoms with Crippen molar-refractivity contribution in [1.29, 1.82) is 5.26 Å². The summed E-state index contributed by atoms with van der Waals surface area (Å²) in [5.41, 5.74) is 1.64. The Labute approximate surface area is 193 Å². The molecule has 168 valence electrons. The minimum atomic E-state index is -3.81. The number of benzene rings is 3. The van der Waals surface area contributed by atoms with Gasteiger partial charge in [-0.05, 0) is 35.9 Å². The molecule has 0 aromatic heterocycles. The molecule has 1 saturated heterocycles. The Morgan fingerprint density at radius 3 is 2.33 bits per heavy atom. The molecule has 0 radical (unpaired) electrons. The summed E-state index contributed by atoms with van der Waals surface area (Å²) in [7, 11) is -3.81. The molecule has 1 amide bonds. The predicted molar refractivity (Wildman–Crippen MR) is 123 cm³/mol. The quantitative estimate of drug-likeness (QED) is 0.562. The van der Waals surface area contributed by atoms with Crippen molar-refractivity contribution in [2.45, 2.75) is 11.5 Å². The van der Waals surface area contributed by atoms with Crippen molar-refractivity contribution in [3.63, 3.8) is 0 Å². The number of hydrogen-bond acceptors (Lipinski definition) is 5. The van der Waals surface area contributed by atoms with Crippen LogP contribution in [0.3, 0.4) is 0 Å². The molecule has 33 heavy (non-hydrogen) atoms. The van der Waals surface area contributed by atoms with Crippen molar-refractivity contribution < 1.29 is 17.9 Å². The van der Waals surface area contributed by atoms with Crippen LogP contribution >= 0.6 is 0 Å². The van der Waals surface area contributed by atoms with Crippen LogP contribution in [0, 0.1) is 11.3 Å². The van der Waals surface area contributed by atoms with Gasteiger partial charge in [0.05, 0.1) is 10.5 Å². The average Bonchev–Trinajstić information content (AvgIpc) is 2.88. The van der Waals surface area contributed by atoms with Crippen molar-refractivity contribution >= 4 is 15.9 Å². The Morgan fingerprint density at radius 2 is 1.61 bits per heavy atom. The Hall–Kier alpha value is -3.67. The van der Waals surface area contributed by atoms with Gasteiger partial charge in [-0.1, -0.05) is 48.5 Å². The molecule has 1 fully saturated rings. The van der Waals surface area contributed by atoms with Crippen LogP contribution in [0.4, 0.5) is 0 Å². The number of rotatable bonds is 6. The van der Waals surface area contributed by atoms with Crippen LogP contribution in [0.1, 0.15) is 21.5 Å². The molecule has 1 aliphatic rings. The van der Waals surface area contributed by atoms with E-state index >= 15 is 0 Å². The second kappa shape index (κ2) is 9.86. The van der Waals surface area contributed by atoms with Crippen LogP contribution in [0.25, 0.3) is 0 Å². The molecule has 4 rings (SSSR count). The fourth-order valence-electron chi connectivity index (χ4n) is 3.70. The van der Waals surface area contributed by atoms with Crippen LogP contribution in [-0.4, -0.2) is 49.7 Å². The number of piperazine rings is 1. The largest absolute Gasteiger partial charge is 0.489 e. The molecular formula is C25H23N3O4S. The lowest BCUT2D eigenvalue weighted by Gasteiger charge is -2.34. The molecular weight excluding hydrogens is 438 g/mol. The van der Waals surface area contributed by atoms with Gasteiger partial charge in [0.1, 0.15) is 18.4 Å². The topological polar surface area (TPSA) is 90.7 Å². The SMILES string of the molecule is N#Cc1ccccc1S(=O)(=O)N1CCN(C(=O)c2cccc(OCc3ccccc3)c2)CC1. The van der Waals surface area contributed by atoms with Crippen LogP contribution in [0.15, 0.2) is 83.8 Å². The fraction of sp³-hybridized carbons (Fsp3) is 0.200. The van der Waals surface area contributed by atoms with E-state index in [0.29, 0.717) is 17.9 Å². The molecule has 0 aliphatic carbocycles. The Balaban J connectivity index is 1.40. The van der Waals surface area contributed by atoms with E-state index in [0.717, 1.165) is 5.56 Å². The summed E-state index contributed by atoms with van der Waals surface area (Å²) < 4.78 is 33.1. The molecule has 8 heteroatoms. The maximum absolute atomic E-state index is 13.0. The summed E-state index contributed by atoms with van der Waals surface area (Å²) >= 11 is 0. The maximum Gasteiger partial charge on any atom is 0.254 e. The molecule has 3 aromatic rings. The molecule has 0 bridgehead atoms. The molecule has 1 aliphatic heterocycles. The van der Waals surface area contributed by atoms with E-state index in [-0.39, 0.29) is 42.5 Å². The second-order valence-corrected chi connectivity index (χ2v) is 9.51. The number of ether oxygens (including phenoxy) is 1. The van der Waals surface area contributed by atoms with Crippen molar-refractivity contribution in [3.8, 4) is 11.8 Å². The highest BCUT2D eigenvalue weighted by atomic mass is 32.2. The monoisotopic (exact) mass is 461 g/mol. The first-order chi connectivity index (χ1) is 16.0. The maximum atomic E-state index is 13.0. The van der Waals surface area contributed by atoms with Gasteiger partial charge in [0.2, 0.25) is 10.0 Å². The summed E-state index contributed by atoms with van der Waals surface area (Å²) in [6, 6.07) is 24.9. The first kappa shape index (κ1) is 22.5. The highest BCUT2D eigenvalue weighted by Crippen LogP contribution is 2.22. The number of nitriles is 1. The van der Waals surface area contributed by atoms with E-state index in [2.05, 4.69) is 0 Å². The van der Waals surface area contributed by atoms with Gasteiger partial charge < -0.3 is 9.64 Å². The Kier molecular flexibility index (Phi) is 6.73. The van der Waals surface area contributed by atoms with Gasteiger partial charge >= 0.3 is 0 Å². The Morgan fingerprint density at radius 1 is 0.909 bits per heavy atom. The highest BCUT2D eigenvalue weighted by Gasteiger charge is 2.31. The fourth-order valence-corrected chi connectivity index (χ4v) is 5.26. The lowest BCUT2D eigenvalue weighted by atomic mass is 10.1. The van der Waals surface area contributed by atoms with Crippen molar-refractivity contribution in [2.75, 3.05) is 26.2 Å². The lowest BCUT2D eigenvalue weighted by molar-refractivity contribution is 0.0697. The van der Waals surface area contributed by atoms with Gasteiger partial charge in [-0.2, -0.15) is 9.57 Å². The van der Waals surface area contributed by atoms with Crippen LogP contribution < -0.4 is 4.74 Å². The van der Waals surface area contributed by atoms with Gasteiger partial charge in [0, 0.05) is 31.7 Å². The molecule has 0 spiro atoms. The molecule has 0 atom stereocenters. The van der Waals surface area contributed by atoms with E-state index in [9.17, 15) is 18.5 Å². The smallest absolute Gasteiger partial charge is 0.254 e. The minimum absolute atomic E-state index is 0.00413. The van der Waals surface area contributed by atoms with Gasteiger partial charge in [0.25, 0.3) is 5.91 Å². The second-order valence-electron chi connectivity index (χ2n) is 7.61. The van der Waals surface area contributed by atoms with E-state index in [1.807, 2.05) is 36.4 Å². The summed E-state index contributed by atoms with van der Waals surface area (Å²) in [6.07, 6.45) is 0. The van der Waals surface area contributed by atoms with Crippen LogP contribution in [0.2, 0.25) is 0 Å². The first-order valence-corrected chi connectivity index (χ1v) is 12.0. The summed E-state index contributed by atoms with van der Waals surface area (Å²) in [4.78, 5) is 14.6. The summed E-state index contributed by atoms with van der Waals surface area (Å²) in [5.74, 6) is 0.425. The van der Waals surface area contributed by atoms with Crippen molar-refractivity contribution in [1.82, 2.24) is 9.21 Å². The molecule has 0 saturated carbocycles. The normalized spacial score (nSPS) is 14.5. The van der Waals surface area contributed by atoms with E-state index in [1.165, 1.54) is 16.4 Å². The molecule has 0 N–H and O–H groups in total. The van der Waals surface area contributed by atoms with Gasteiger partial charge in [-0.25, -0.2) is 8.42 Å². The third-order valence-electron chi connectivity index (χ3n) is 5.48. The lowest BCUT2D eigenvalue weighted by Crippen LogP contribution is -2.50. The number of amides is 1. The third-order valence-corrected chi connectivity index (χ3v) is 7.44. The zero-order valence-electron chi connectivity index (χ0n) is 17.9. The zero-order chi connectivity index (χ0) is 23.3. The number of carbonyl (C=O) groups excluding carboxylic acids is 1. The van der Waals surface area contributed by atoms with Crippen molar-refractivity contribution in [3.05, 3.63) is 95.6 Å². The summed E-state index contributed by atoms with van der Waals surface area (Å²) in [6.45, 7) is 1.26. The van der Waals surface area contributed by atoms with Gasteiger partial charge in [0.15, 0.2) is 0 Å². The molecule has 0 unspecified atom stereocenters. The van der Waals surface area contributed by atoms with Crippen molar-refractivity contribution in [2.24, 2.45) is 0 Å². The molecule has 7 nitrogen and oxygen atoms in total. The highest BCUT2D eigenvalue weighted by molar-refractivity contribution is 7.89. The van der Waals surface area contributed by atoms with Crippen LogP contribution in [0.5, 0.6) is 5.75 Å². The van der Waals surface area contributed by atoms with E-state index in [4.69, 9.17) is 4.74 Å². The number of carbonyl (C=O) groups is 1. The zero-order valence-corrected chi connectivity index (χ0v) is 18.7. The van der Waals surface area contributed by atoms with Gasteiger partial charge in [-0.3, -0.25) is 4.79 Å². The first-order valence-electron chi connectivity index (χ1n) is 10.5. The van der Waals surface area contributed by atoms with E-state index in [1.54, 1.807) is 41.3 Å². The predicted octanol–water partition coefficient (Wildman–Crippen LogP) is 3.28. The standard InChI is InChI=1S/C25H23N3O4S/c26-18-22-9-4-5-12-24(22)33(30,31)28-15-13-27(14-16-28)25(29)21-10-6-11-23(17-21)32-19-20-7-2-1-3-8-20/h1-12,17H,13-16,19H2. The minimum Gasteiger partial charge on any atom is -0.489 e. The van der Waals surface area contributed by atoms with E-state index < -0.39 is 10.0 Å².